The summed E-state index contributed by atoms with van der Waals surface area (Å²) in [5.41, 5.74) is 1.60. The molecule has 0 aliphatic carbocycles. The van der Waals surface area contributed by atoms with Crippen molar-refractivity contribution in [1.29, 1.82) is 0 Å². The van der Waals surface area contributed by atoms with E-state index in [0.29, 0.717) is 25.3 Å². The number of hydrogen-bond donors (Lipinski definition) is 0. The highest BCUT2D eigenvalue weighted by molar-refractivity contribution is 9.10. The zero-order valence-electron chi connectivity index (χ0n) is 17.7. The van der Waals surface area contributed by atoms with Crippen molar-refractivity contribution in [2.45, 2.75) is 46.4 Å². The number of amides is 1. The van der Waals surface area contributed by atoms with Crippen molar-refractivity contribution in [3.63, 3.8) is 0 Å². The molecule has 8 heteroatoms. The van der Waals surface area contributed by atoms with Gasteiger partial charge >= 0.3 is 0 Å². The highest BCUT2D eigenvalue weighted by Gasteiger charge is 2.35. The Kier molecular flexibility index (Phi) is 7.83. The quantitative estimate of drug-likeness (QED) is 0.385. The van der Waals surface area contributed by atoms with Gasteiger partial charge < -0.3 is 4.74 Å². The highest BCUT2D eigenvalue weighted by Crippen LogP contribution is 2.38. The number of benzene rings is 2. The Balaban J connectivity index is 1.83. The number of nitrogens with zero attached hydrogens (tertiary/aromatic N) is 2. The molecule has 0 bridgehead atoms. The topological polar surface area (TPSA) is 41.9 Å². The van der Waals surface area contributed by atoms with Gasteiger partial charge in [-0.25, -0.2) is 4.39 Å². The first-order chi connectivity index (χ1) is 14.7. The Morgan fingerprint density at radius 2 is 1.90 bits per heavy atom. The molecular weight excluding hydrogens is 503 g/mol. The fourth-order valence-corrected chi connectivity index (χ4v) is 5.16. The molecule has 0 aromatic heterocycles. The van der Waals surface area contributed by atoms with Gasteiger partial charge in [0.2, 0.25) is 0 Å². The fraction of sp³-hybridized carbons (Fsp3) is 0.304. The summed E-state index contributed by atoms with van der Waals surface area (Å²) in [6.07, 6.45) is 1.81. The van der Waals surface area contributed by atoms with Crippen LogP contribution in [0.3, 0.4) is 0 Å². The average Bonchev–Trinajstić information content (AvgIpc) is 2.96. The third-order valence-electron chi connectivity index (χ3n) is 4.34. The van der Waals surface area contributed by atoms with E-state index in [4.69, 9.17) is 16.3 Å². The van der Waals surface area contributed by atoms with Crippen LogP contribution in [0.2, 0.25) is 5.02 Å². The third-order valence-corrected chi connectivity index (χ3v) is 6.20. The predicted octanol–water partition coefficient (Wildman–Crippen LogP) is 6.91. The summed E-state index contributed by atoms with van der Waals surface area (Å²) in [6, 6.07) is 9.81. The Hall–Kier alpha value is -1.83. The van der Waals surface area contributed by atoms with E-state index in [1.807, 2.05) is 39.8 Å². The molecular formula is C23H23BrClFN2O2S. The number of carbonyl (C=O) groups excluding carboxylic acids is 1. The van der Waals surface area contributed by atoms with E-state index in [0.717, 1.165) is 11.1 Å². The van der Waals surface area contributed by atoms with Crippen molar-refractivity contribution in [3.05, 3.63) is 67.7 Å². The summed E-state index contributed by atoms with van der Waals surface area (Å²) < 4.78 is 19.6. The molecule has 1 aliphatic heterocycles. The minimum atomic E-state index is -0.294. The number of hydrogen-bond acceptors (Lipinski definition) is 4. The third kappa shape index (κ3) is 5.90. The maximum absolute atomic E-state index is 13.1. The molecule has 1 amide bonds. The molecule has 0 saturated carbocycles. The zero-order chi connectivity index (χ0) is 22.7. The second kappa shape index (κ2) is 10.2. The normalized spacial score (nSPS) is 16.9. The molecule has 1 fully saturated rings. The lowest BCUT2D eigenvalue weighted by Crippen LogP contribution is -2.35. The number of rotatable bonds is 6. The molecule has 3 rings (SSSR count). The number of amidine groups is 1. The standard InChI is InChI=1S/C23H23BrClFN2O2S/c1-13(2)27-23-28(14(3)4)22(29)20(31-23)11-16-9-18(24)21(19(25)10-16)30-12-15-5-7-17(26)8-6-15/h5-11,13-14H,12H2,1-4H3/b20-11+,27-23?. The van der Waals surface area contributed by atoms with Crippen molar-refractivity contribution < 1.29 is 13.9 Å². The number of carbonyl (C=O) groups is 1. The minimum Gasteiger partial charge on any atom is -0.486 e. The first-order valence-corrected chi connectivity index (χ1v) is 11.8. The smallest absolute Gasteiger partial charge is 0.266 e. The molecule has 1 aliphatic rings. The lowest BCUT2D eigenvalue weighted by molar-refractivity contribution is -0.123. The van der Waals surface area contributed by atoms with Crippen molar-refractivity contribution in [2.75, 3.05) is 0 Å². The van der Waals surface area contributed by atoms with Crippen LogP contribution in [0.25, 0.3) is 6.08 Å². The number of thioether (sulfide) groups is 1. The first kappa shape index (κ1) is 23.8. The van der Waals surface area contributed by atoms with Gasteiger partial charge in [0, 0.05) is 12.1 Å². The predicted molar refractivity (Wildman–Crippen MR) is 130 cm³/mol. The maximum Gasteiger partial charge on any atom is 0.266 e. The van der Waals surface area contributed by atoms with Gasteiger partial charge in [0.05, 0.1) is 14.4 Å². The van der Waals surface area contributed by atoms with Crippen LogP contribution in [-0.4, -0.2) is 28.1 Å². The summed E-state index contributed by atoms with van der Waals surface area (Å²) in [7, 11) is 0. The van der Waals surface area contributed by atoms with Crippen LogP contribution in [0.1, 0.15) is 38.8 Å². The summed E-state index contributed by atoms with van der Waals surface area (Å²) >= 11 is 11.3. The van der Waals surface area contributed by atoms with Crippen molar-refractivity contribution >= 4 is 56.4 Å². The average molecular weight is 526 g/mol. The van der Waals surface area contributed by atoms with Crippen LogP contribution < -0.4 is 4.74 Å². The van der Waals surface area contributed by atoms with E-state index < -0.39 is 0 Å². The van der Waals surface area contributed by atoms with E-state index >= 15 is 0 Å². The van der Waals surface area contributed by atoms with Gasteiger partial charge in [-0.05, 0) is 96.9 Å². The SMILES string of the molecule is CC(C)N=C1S/C(=C/c2cc(Cl)c(OCc3ccc(F)cc3)c(Br)c2)C(=O)N1C(C)C. The second-order valence-electron chi connectivity index (χ2n) is 7.61. The molecule has 1 saturated heterocycles. The molecule has 0 radical (unpaired) electrons. The molecule has 1 heterocycles. The number of aliphatic imine (C=N–C) groups is 1. The van der Waals surface area contributed by atoms with Crippen LogP contribution in [0.4, 0.5) is 4.39 Å². The summed E-state index contributed by atoms with van der Waals surface area (Å²) in [6.45, 7) is 8.17. The van der Waals surface area contributed by atoms with Gasteiger partial charge in [0.1, 0.15) is 12.4 Å². The lowest BCUT2D eigenvalue weighted by Gasteiger charge is -2.20. The Morgan fingerprint density at radius 1 is 1.23 bits per heavy atom. The Labute approximate surface area is 199 Å². The van der Waals surface area contributed by atoms with Gasteiger partial charge in [0.15, 0.2) is 10.9 Å². The summed E-state index contributed by atoms with van der Waals surface area (Å²) in [5, 5.41) is 1.13. The van der Waals surface area contributed by atoms with Crippen LogP contribution in [0.15, 0.2) is 50.8 Å². The molecule has 0 atom stereocenters. The van der Waals surface area contributed by atoms with Crippen molar-refractivity contribution in [3.8, 4) is 5.75 Å². The molecule has 2 aromatic rings. The van der Waals surface area contributed by atoms with Gasteiger partial charge in [-0.3, -0.25) is 14.7 Å². The van der Waals surface area contributed by atoms with Crippen molar-refractivity contribution in [2.24, 2.45) is 4.99 Å². The highest BCUT2D eigenvalue weighted by atomic mass is 79.9. The van der Waals surface area contributed by atoms with Crippen LogP contribution in [0.5, 0.6) is 5.75 Å². The Bertz CT molecular complexity index is 1020. The fourth-order valence-electron chi connectivity index (χ4n) is 2.94. The largest absolute Gasteiger partial charge is 0.486 e. The summed E-state index contributed by atoms with van der Waals surface area (Å²) in [5.74, 6) is 0.130. The Morgan fingerprint density at radius 3 is 2.48 bits per heavy atom. The van der Waals surface area contributed by atoms with Crippen LogP contribution in [0, 0.1) is 5.82 Å². The monoisotopic (exact) mass is 524 g/mol. The van der Waals surface area contributed by atoms with Gasteiger partial charge in [-0.1, -0.05) is 23.7 Å². The van der Waals surface area contributed by atoms with Crippen molar-refractivity contribution in [1.82, 2.24) is 4.90 Å². The maximum atomic E-state index is 13.1. The van der Waals surface area contributed by atoms with Gasteiger partial charge in [-0.15, -0.1) is 0 Å². The van der Waals surface area contributed by atoms with Gasteiger partial charge in [0.25, 0.3) is 5.91 Å². The molecule has 0 unspecified atom stereocenters. The van der Waals surface area contributed by atoms with Crippen LogP contribution >= 0.6 is 39.3 Å². The van der Waals surface area contributed by atoms with E-state index in [-0.39, 0.29) is 30.4 Å². The zero-order valence-corrected chi connectivity index (χ0v) is 20.8. The van der Waals surface area contributed by atoms with E-state index in [1.165, 1.54) is 23.9 Å². The number of ether oxygens (including phenoxy) is 1. The number of halogens is 3. The van der Waals surface area contributed by atoms with E-state index in [1.54, 1.807) is 23.1 Å². The molecule has 4 nitrogen and oxygen atoms in total. The first-order valence-electron chi connectivity index (χ1n) is 9.83. The van der Waals surface area contributed by atoms with E-state index in [2.05, 4.69) is 20.9 Å². The minimum absolute atomic E-state index is 0.0148. The van der Waals surface area contributed by atoms with E-state index in [9.17, 15) is 9.18 Å². The molecule has 0 spiro atoms. The second-order valence-corrected chi connectivity index (χ2v) is 9.88. The molecule has 2 aromatic carbocycles. The summed E-state index contributed by atoms with van der Waals surface area (Å²) in [4.78, 5) is 19.8. The molecule has 31 heavy (non-hydrogen) atoms. The molecule has 0 N–H and O–H groups in total. The molecule has 164 valence electrons. The van der Waals surface area contributed by atoms with Gasteiger partial charge in [-0.2, -0.15) is 0 Å². The lowest BCUT2D eigenvalue weighted by atomic mass is 10.2. The van der Waals surface area contributed by atoms with Crippen LogP contribution in [-0.2, 0) is 11.4 Å².